The first kappa shape index (κ1) is 13.1. The van der Waals surface area contributed by atoms with E-state index in [4.69, 9.17) is 0 Å². The lowest BCUT2D eigenvalue weighted by molar-refractivity contribution is 0.595. The smallest absolute Gasteiger partial charge is 0.300 e. The zero-order chi connectivity index (χ0) is 13.1. The lowest BCUT2D eigenvalue weighted by atomic mass is 10.2. The SMILES string of the molecule is CCn1cc(I)c(=O)n(Cc2ccccc2)c1=O. The predicted molar refractivity (Wildman–Crippen MR) is 78.9 cm³/mol. The van der Waals surface area contributed by atoms with E-state index in [2.05, 4.69) is 0 Å². The number of aryl methyl sites for hydroxylation is 1. The molecule has 0 aliphatic carbocycles. The lowest BCUT2D eigenvalue weighted by Gasteiger charge is -2.09. The average molecular weight is 356 g/mol. The molecule has 0 fully saturated rings. The van der Waals surface area contributed by atoms with E-state index in [9.17, 15) is 9.59 Å². The van der Waals surface area contributed by atoms with Crippen LogP contribution in [0.15, 0.2) is 46.1 Å². The highest BCUT2D eigenvalue weighted by Crippen LogP contribution is 2.00. The van der Waals surface area contributed by atoms with Gasteiger partial charge in [0.15, 0.2) is 0 Å². The van der Waals surface area contributed by atoms with Gasteiger partial charge in [-0.25, -0.2) is 4.79 Å². The molecule has 0 radical (unpaired) electrons. The molecule has 1 aromatic carbocycles. The number of rotatable bonds is 3. The summed E-state index contributed by atoms with van der Waals surface area (Å²) in [6.45, 7) is 2.76. The molecule has 0 atom stereocenters. The standard InChI is InChI=1S/C13H13IN2O2/c1-2-15-9-11(14)12(17)16(13(15)18)8-10-6-4-3-5-7-10/h3-7,9H,2,8H2,1H3. The Balaban J connectivity index is 2.54. The third-order valence-corrected chi connectivity index (χ3v) is 3.46. The second kappa shape index (κ2) is 5.51. The van der Waals surface area contributed by atoms with E-state index in [0.717, 1.165) is 5.56 Å². The molecular formula is C13H13IN2O2. The first-order valence-electron chi connectivity index (χ1n) is 5.67. The minimum absolute atomic E-state index is 0.228. The minimum Gasteiger partial charge on any atom is -0.300 e. The minimum atomic E-state index is -0.258. The molecular weight excluding hydrogens is 343 g/mol. The van der Waals surface area contributed by atoms with Crippen LogP contribution in [0.4, 0.5) is 0 Å². The summed E-state index contributed by atoms with van der Waals surface area (Å²) >= 11 is 1.97. The fraction of sp³-hybridized carbons (Fsp3) is 0.231. The van der Waals surface area contributed by atoms with Gasteiger partial charge in [0.05, 0.1) is 10.1 Å². The topological polar surface area (TPSA) is 44.0 Å². The number of hydrogen-bond acceptors (Lipinski definition) is 2. The van der Waals surface area contributed by atoms with Gasteiger partial charge in [-0.05, 0) is 35.1 Å². The third-order valence-electron chi connectivity index (χ3n) is 2.72. The van der Waals surface area contributed by atoms with Crippen LogP contribution in [-0.2, 0) is 13.1 Å². The molecule has 2 aromatic rings. The molecule has 0 spiro atoms. The van der Waals surface area contributed by atoms with Crippen LogP contribution in [0, 0.1) is 3.57 Å². The van der Waals surface area contributed by atoms with E-state index in [-0.39, 0.29) is 11.2 Å². The zero-order valence-electron chi connectivity index (χ0n) is 9.97. The third kappa shape index (κ3) is 2.55. The summed E-state index contributed by atoms with van der Waals surface area (Å²) in [5, 5.41) is 0. The van der Waals surface area contributed by atoms with Gasteiger partial charge in [-0.3, -0.25) is 13.9 Å². The van der Waals surface area contributed by atoms with Crippen LogP contribution in [0.1, 0.15) is 12.5 Å². The zero-order valence-corrected chi connectivity index (χ0v) is 12.1. The van der Waals surface area contributed by atoms with Gasteiger partial charge in [-0.1, -0.05) is 30.3 Å². The Hall–Kier alpha value is -1.37. The Morgan fingerprint density at radius 2 is 1.83 bits per heavy atom. The summed E-state index contributed by atoms with van der Waals surface area (Å²) in [6.07, 6.45) is 1.60. The molecule has 0 saturated heterocycles. The van der Waals surface area contributed by atoms with Crippen LogP contribution in [0.3, 0.4) is 0 Å². The quantitative estimate of drug-likeness (QED) is 0.786. The van der Waals surface area contributed by atoms with Gasteiger partial charge in [0.2, 0.25) is 0 Å². The van der Waals surface area contributed by atoms with Crippen molar-refractivity contribution >= 4 is 22.6 Å². The van der Waals surface area contributed by atoms with Crippen LogP contribution < -0.4 is 11.2 Å². The number of benzene rings is 1. The van der Waals surface area contributed by atoms with E-state index in [0.29, 0.717) is 16.7 Å². The van der Waals surface area contributed by atoms with Crippen molar-refractivity contribution in [3.8, 4) is 0 Å². The largest absolute Gasteiger partial charge is 0.331 e. The maximum Gasteiger partial charge on any atom is 0.331 e. The van der Waals surface area contributed by atoms with E-state index >= 15 is 0 Å². The van der Waals surface area contributed by atoms with Crippen LogP contribution in [-0.4, -0.2) is 9.13 Å². The van der Waals surface area contributed by atoms with Gasteiger partial charge in [0, 0.05) is 12.7 Å². The van der Waals surface area contributed by atoms with Gasteiger partial charge < -0.3 is 0 Å². The summed E-state index contributed by atoms with van der Waals surface area (Å²) in [7, 11) is 0. The van der Waals surface area contributed by atoms with Crippen molar-refractivity contribution in [2.75, 3.05) is 0 Å². The summed E-state index contributed by atoms with van der Waals surface area (Å²) < 4.78 is 3.39. The Kier molecular flexibility index (Phi) is 4.00. The lowest BCUT2D eigenvalue weighted by Crippen LogP contribution is -2.40. The van der Waals surface area contributed by atoms with E-state index in [1.165, 1.54) is 4.57 Å². The van der Waals surface area contributed by atoms with Crippen molar-refractivity contribution in [3.05, 3.63) is 66.5 Å². The number of nitrogens with zero attached hydrogens (tertiary/aromatic N) is 2. The molecule has 2 rings (SSSR count). The van der Waals surface area contributed by atoms with Gasteiger partial charge >= 0.3 is 5.69 Å². The second-order valence-corrected chi connectivity index (χ2v) is 5.08. The summed E-state index contributed by atoms with van der Waals surface area (Å²) in [6, 6.07) is 9.51. The molecule has 0 aliphatic heterocycles. The van der Waals surface area contributed by atoms with Crippen molar-refractivity contribution in [1.82, 2.24) is 9.13 Å². The molecule has 1 heterocycles. The van der Waals surface area contributed by atoms with Crippen molar-refractivity contribution in [1.29, 1.82) is 0 Å². The predicted octanol–water partition coefficient (Wildman–Crippen LogP) is 1.68. The first-order valence-corrected chi connectivity index (χ1v) is 6.75. The number of aromatic nitrogens is 2. The molecule has 5 heteroatoms. The fourth-order valence-electron chi connectivity index (χ4n) is 1.75. The van der Waals surface area contributed by atoms with Crippen LogP contribution in [0.5, 0.6) is 0 Å². The molecule has 0 aliphatic rings. The van der Waals surface area contributed by atoms with E-state index in [1.807, 2.05) is 59.8 Å². The molecule has 94 valence electrons. The van der Waals surface area contributed by atoms with Crippen LogP contribution in [0.25, 0.3) is 0 Å². The summed E-state index contributed by atoms with van der Waals surface area (Å²) in [5.74, 6) is 0. The molecule has 0 saturated carbocycles. The van der Waals surface area contributed by atoms with Crippen LogP contribution in [0.2, 0.25) is 0 Å². The monoisotopic (exact) mass is 356 g/mol. The van der Waals surface area contributed by atoms with Crippen molar-refractivity contribution in [2.24, 2.45) is 0 Å². The Labute approximate surface area is 118 Å². The highest BCUT2D eigenvalue weighted by molar-refractivity contribution is 14.1. The second-order valence-electron chi connectivity index (χ2n) is 3.92. The number of halogens is 1. The molecule has 0 bridgehead atoms. The average Bonchev–Trinajstić information content (AvgIpc) is 2.40. The van der Waals surface area contributed by atoms with E-state index < -0.39 is 0 Å². The van der Waals surface area contributed by atoms with Crippen molar-refractivity contribution in [3.63, 3.8) is 0 Å². The van der Waals surface area contributed by atoms with Gasteiger partial charge in [0.1, 0.15) is 0 Å². The first-order chi connectivity index (χ1) is 8.63. The molecule has 0 unspecified atom stereocenters. The number of hydrogen-bond donors (Lipinski definition) is 0. The summed E-state index contributed by atoms with van der Waals surface area (Å²) in [5.41, 5.74) is 0.460. The Bertz CT molecular complexity index is 659. The van der Waals surface area contributed by atoms with Gasteiger partial charge in [-0.15, -0.1) is 0 Å². The Morgan fingerprint density at radius 1 is 1.17 bits per heavy atom. The van der Waals surface area contributed by atoms with Gasteiger partial charge in [-0.2, -0.15) is 0 Å². The maximum absolute atomic E-state index is 12.1. The van der Waals surface area contributed by atoms with Crippen molar-refractivity contribution < 1.29 is 0 Å². The Morgan fingerprint density at radius 3 is 2.44 bits per heavy atom. The molecule has 18 heavy (non-hydrogen) atoms. The highest BCUT2D eigenvalue weighted by Gasteiger charge is 2.09. The molecule has 0 N–H and O–H groups in total. The van der Waals surface area contributed by atoms with Gasteiger partial charge in [0.25, 0.3) is 5.56 Å². The maximum atomic E-state index is 12.1. The molecule has 0 amide bonds. The molecule has 4 nitrogen and oxygen atoms in total. The molecule has 1 aromatic heterocycles. The van der Waals surface area contributed by atoms with Crippen LogP contribution >= 0.6 is 22.6 Å². The highest BCUT2D eigenvalue weighted by atomic mass is 127. The fourth-order valence-corrected chi connectivity index (χ4v) is 2.38. The summed E-state index contributed by atoms with van der Waals surface area (Å²) in [4.78, 5) is 24.1. The van der Waals surface area contributed by atoms with E-state index in [1.54, 1.807) is 10.8 Å². The normalized spacial score (nSPS) is 10.6. The van der Waals surface area contributed by atoms with Crippen molar-refractivity contribution in [2.45, 2.75) is 20.0 Å².